The van der Waals surface area contributed by atoms with Crippen molar-refractivity contribution in [1.29, 1.82) is 0 Å². The van der Waals surface area contributed by atoms with Crippen molar-refractivity contribution in [2.45, 2.75) is 44.2 Å². The van der Waals surface area contributed by atoms with Gasteiger partial charge in [-0.05, 0) is 44.1 Å². The lowest BCUT2D eigenvalue weighted by atomic mass is 9.85. The van der Waals surface area contributed by atoms with Crippen LogP contribution in [-0.4, -0.2) is 49.8 Å². The molecule has 3 heterocycles. The zero-order chi connectivity index (χ0) is 14.2. The molecule has 2 aliphatic heterocycles. The Labute approximate surface area is 121 Å². The van der Waals surface area contributed by atoms with Crippen LogP contribution >= 0.6 is 11.8 Å². The molecule has 2 fully saturated rings. The average molecular weight is 297 g/mol. The van der Waals surface area contributed by atoms with Gasteiger partial charge in [-0.25, -0.2) is 9.48 Å². The van der Waals surface area contributed by atoms with Crippen LogP contribution in [0.15, 0.2) is 0 Å². The molecule has 1 aromatic rings. The van der Waals surface area contributed by atoms with Crippen molar-refractivity contribution in [3.05, 3.63) is 11.4 Å². The number of hydrogen-bond acceptors (Lipinski definition) is 5. The molecule has 1 N–H and O–H groups in total. The van der Waals surface area contributed by atoms with E-state index in [1.54, 1.807) is 11.6 Å². The van der Waals surface area contributed by atoms with Crippen LogP contribution in [0.1, 0.15) is 47.9 Å². The first-order valence-corrected chi connectivity index (χ1v) is 8.14. The van der Waals surface area contributed by atoms with Gasteiger partial charge in [0.1, 0.15) is 0 Å². The smallest absolute Gasteiger partial charge is 0.358 e. The highest BCUT2D eigenvalue weighted by molar-refractivity contribution is 7.99. The molecule has 0 amide bonds. The number of carboxylic acids is 1. The van der Waals surface area contributed by atoms with Crippen LogP contribution in [0.5, 0.6) is 0 Å². The predicted octanol–water partition coefficient (Wildman–Crippen LogP) is 1.90. The molecule has 1 unspecified atom stereocenters. The second-order valence-corrected chi connectivity index (χ2v) is 6.79. The lowest BCUT2D eigenvalue weighted by molar-refractivity contribution is -0.101. The van der Waals surface area contributed by atoms with E-state index in [0.29, 0.717) is 5.69 Å². The molecule has 1 spiro atoms. The summed E-state index contributed by atoms with van der Waals surface area (Å²) in [7, 11) is 0. The number of ether oxygens (including phenoxy) is 1. The quantitative estimate of drug-likeness (QED) is 0.898. The number of rotatable bonds is 2. The zero-order valence-corrected chi connectivity index (χ0v) is 12.4. The third kappa shape index (κ3) is 2.44. The van der Waals surface area contributed by atoms with E-state index in [2.05, 4.69) is 10.3 Å². The number of nitrogens with zero attached hydrogens (tertiary/aromatic N) is 3. The Morgan fingerprint density at radius 1 is 1.50 bits per heavy atom. The molecular formula is C13H19N3O3S. The second kappa shape index (κ2) is 5.37. The van der Waals surface area contributed by atoms with E-state index in [1.807, 2.05) is 11.8 Å². The molecule has 3 rings (SSSR count). The molecule has 1 atom stereocenters. The number of carbonyl (C=O) groups is 1. The third-order valence-corrected chi connectivity index (χ3v) is 5.33. The van der Waals surface area contributed by atoms with Crippen LogP contribution < -0.4 is 0 Å². The van der Waals surface area contributed by atoms with Gasteiger partial charge in [-0.3, -0.25) is 0 Å². The van der Waals surface area contributed by atoms with Gasteiger partial charge in [0.2, 0.25) is 0 Å². The fourth-order valence-electron chi connectivity index (χ4n) is 3.19. The maximum Gasteiger partial charge on any atom is 0.358 e. The lowest BCUT2D eigenvalue weighted by Crippen LogP contribution is -2.43. The minimum absolute atomic E-state index is 0.0318. The minimum atomic E-state index is -1.01. The van der Waals surface area contributed by atoms with Gasteiger partial charge in [0.05, 0.1) is 17.3 Å². The number of aromatic nitrogens is 3. The highest BCUT2D eigenvalue weighted by atomic mass is 32.2. The summed E-state index contributed by atoms with van der Waals surface area (Å²) in [5, 5.41) is 16.9. The van der Waals surface area contributed by atoms with Gasteiger partial charge in [0.15, 0.2) is 5.69 Å². The molecule has 0 bridgehead atoms. The largest absolute Gasteiger partial charge is 0.476 e. The number of hydrogen-bond donors (Lipinski definition) is 1. The summed E-state index contributed by atoms with van der Waals surface area (Å²) in [5.41, 5.74) is 0.671. The monoisotopic (exact) mass is 297 g/mol. The van der Waals surface area contributed by atoms with Crippen LogP contribution in [0, 0.1) is 6.92 Å². The van der Waals surface area contributed by atoms with Crippen LogP contribution in [0.2, 0.25) is 0 Å². The first-order chi connectivity index (χ1) is 9.61. The Morgan fingerprint density at radius 3 is 2.90 bits per heavy atom. The second-order valence-electron chi connectivity index (χ2n) is 5.56. The van der Waals surface area contributed by atoms with E-state index in [4.69, 9.17) is 9.84 Å². The summed E-state index contributed by atoms with van der Waals surface area (Å²) in [6.45, 7) is 2.50. The molecule has 0 aromatic carbocycles. The van der Waals surface area contributed by atoms with Crippen molar-refractivity contribution in [3.8, 4) is 0 Å². The van der Waals surface area contributed by atoms with Crippen LogP contribution in [0.4, 0.5) is 0 Å². The normalized spacial score (nSPS) is 25.8. The summed E-state index contributed by atoms with van der Waals surface area (Å²) in [6, 6.07) is 0.201. The van der Waals surface area contributed by atoms with Gasteiger partial charge in [-0.1, -0.05) is 5.21 Å². The van der Waals surface area contributed by atoms with Crippen molar-refractivity contribution in [2.75, 3.05) is 18.1 Å². The standard InChI is InChI=1S/C13H19N3O3S/c1-9-11(12(17)18)14-15-16(9)10-2-5-19-13(8-10)3-6-20-7-4-13/h10H,2-8H2,1H3,(H,17,18). The van der Waals surface area contributed by atoms with E-state index >= 15 is 0 Å². The Hall–Kier alpha value is -1.08. The Bertz CT molecular complexity index is 505. The molecule has 7 heteroatoms. The lowest BCUT2D eigenvalue weighted by Gasteiger charge is -2.43. The van der Waals surface area contributed by atoms with Gasteiger partial charge in [0, 0.05) is 6.61 Å². The molecule has 110 valence electrons. The summed E-state index contributed by atoms with van der Waals surface area (Å²) in [6.07, 6.45) is 3.94. The maximum atomic E-state index is 11.1. The fraction of sp³-hybridized carbons (Fsp3) is 0.769. The molecule has 2 aliphatic rings. The van der Waals surface area contributed by atoms with Crippen molar-refractivity contribution < 1.29 is 14.6 Å². The van der Waals surface area contributed by atoms with Gasteiger partial charge >= 0.3 is 5.97 Å². The predicted molar refractivity (Wildman–Crippen MR) is 75.2 cm³/mol. The first kappa shape index (κ1) is 13.9. The van der Waals surface area contributed by atoms with Crippen molar-refractivity contribution in [3.63, 3.8) is 0 Å². The van der Waals surface area contributed by atoms with E-state index in [9.17, 15) is 4.79 Å². The molecule has 20 heavy (non-hydrogen) atoms. The number of thioether (sulfide) groups is 1. The first-order valence-electron chi connectivity index (χ1n) is 6.98. The molecular weight excluding hydrogens is 278 g/mol. The van der Waals surface area contributed by atoms with Gasteiger partial charge in [-0.2, -0.15) is 11.8 Å². The summed E-state index contributed by atoms with van der Waals surface area (Å²) >= 11 is 1.98. The van der Waals surface area contributed by atoms with Gasteiger partial charge in [0.25, 0.3) is 0 Å². The number of aromatic carboxylic acids is 1. The Kier molecular flexibility index (Phi) is 3.72. The highest BCUT2D eigenvalue weighted by Crippen LogP contribution is 2.41. The zero-order valence-electron chi connectivity index (χ0n) is 11.5. The van der Waals surface area contributed by atoms with Crippen LogP contribution in [0.25, 0.3) is 0 Å². The summed E-state index contributed by atoms with van der Waals surface area (Å²) in [5.74, 6) is 1.27. The Morgan fingerprint density at radius 2 is 2.25 bits per heavy atom. The van der Waals surface area contributed by atoms with Crippen molar-refractivity contribution in [2.24, 2.45) is 0 Å². The van der Waals surface area contributed by atoms with E-state index in [0.717, 1.165) is 43.8 Å². The molecule has 6 nitrogen and oxygen atoms in total. The minimum Gasteiger partial charge on any atom is -0.476 e. The fourth-order valence-corrected chi connectivity index (χ4v) is 4.42. The SMILES string of the molecule is Cc1c(C(=O)O)nnn1C1CCOC2(CCSCC2)C1. The Balaban J connectivity index is 1.81. The maximum absolute atomic E-state index is 11.1. The van der Waals surface area contributed by atoms with E-state index in [-0.39, 0.29) is 17.3 Å². The van der Waals surface area contributed by atoms with E-state index < -0.39 is 5.97 Å². The van der Waals surface area contributed by atoms with Crippen molar-refractivity contribution >= 4 is 17.7 Å². The average Bonchev–Trinajstić information content (AvgIpc) is 2.82. The van der Waals surface area contributed by atoms with Gasteiger partial charge < -0.3 is 9.84 Å². The van der Waals surface area contributed by atoms with E-state index in [1.165, 1.54) is 0 Å². The highest BCUT2D eigenvalue weighted by Gasteiger charge is 2.40. The topological polar surface area (TPSA) is 77.2 Å². The summed E-state index contributed by atoms with van der Waals surface area (Å²) in [4.78, 5) is 11.1. The molecule has 0 radical (unpaired) electrons. The van der Waals surface area contributed by atoms with Crippen LogP contribution in [-0.2, 0) is 4.74 Å². The molecule has 0 saturated carbocycles. The molecule has 1 aromatic heterocycles. The third-order valence-electron chi connectivity index (χ3n) is 4.35. The summed E-state index contributed by atoms with van der Waals surface area (Å²) < 4.78 is 7.85. The molecule has 2 saturated heterocycles. The molecule has 0 aliphatic carbocycles. The van der Waals surface area contributed by atoms with Crippen LogP contribution in [0.3, 0.4) is 0 Å². The van der Waals surface area contributed by atoms with Crippen molar-refractivity contribution in [1.82, 2.24) is 15.0 Å². The van der Waals surface area contributed by atoms with Gasteiger partial charge in [-0.15, -0.1) is 5.10 Å². The number of carboxylic acid groups (broad SMARTS) is 1.